The third-order valence-corrected chi connectivity index (χ3v) is 2.84. The summed E-state index contributed by atoms with van der Waals surface area (Å²) in [5.74, 6) is 1.11. The van der Waals surface area contributed by atoms with Crippen molar-refractivity contribution >= 4 is 5.69 Å². The van der Waals surface area contributed by atoms with E-state index in [0.29, 0.717) is 17.2 Å². The van der Waals surface area contributed by atoms with Crippen molar-refractivity contribution in [2.45, 2.75) is 25.7 Å². The molecule has 0 unspecified atom stereocenters. The summed E-state index contributed by atoms with van der Waals surface area (Å²) in [6.07, 6.45) is 3.51. The molecule has 0 aliphatic heterocycles. The smallest absolute Gasteiger partial charge is 0.272 e. The van der Waals surface area contributed by atoms with E-state index in [0.717, 1.165) is 18.4 Å². The third kappa shape index (κ3) is 1.78. The molecular formula is C12H13NO3. The molecule has 4 heteroatoms. The van der Waals surface area contributed by atoms with Gasteiger partial charge in [0.2, 0.25) is 0 Å². The number of ether oxygens (including phenoxy) is 1. The van der Waals surface area contributed by atoms with E-state index in [1.165, 1.54) is 12.3 Å². The SMILES string of the molecule is C=COc1ccc([N+](=O)[O-])c(C)c1C1CC1. The van der Waals surface area contributed by atoms with Crippen LogP contribution in [0.4, 0.5) is 5.69 Å². The van der Waals surface area contributed by atoms with Gasteiger partial charge in [-0.15, -0.1) is 0 Å². The van der Waals surface area contributed by atoms with Gasteiger partial charge in [0, 0.05) is 17.2 Å². The Balaban J connectivity index is 2.52. The monoisotopic (exact) mass is 219 g/mol. The Morgan fingerprint density at radius 2 is 2.25 bits per heavy atom. The van der Waals surface area contributed by atoms with Gasteiger partial charge in [-0.25, -0.2) is 0 Å². The maximum absolute atomic E-state index is 10.8. The van der Waals surface area contributed by atoms with Crippen LogP contribution < -0.4 is 4.74 Å². The van der Waals surface area contributed by atoms with Gasteiger partial charge in [0.1, 0.15) is 5.75 Å². The summed E-state index contributed by atoms with van der Waals surface area (Å²) in [5, 5.41) is 10.8. The van der Waals surface area contributed by atoms with Crippen LogP contribution in [0, 0.1) is 17.0 Å². The molecule has 0 amide bonds. The minimum Gasteiger partial charge on any atom is -0.465 e. The van der Waals surface area contributed by atoms with Gasteiger partial charge in [-0.3, -0.25) is 10.1 Å². The molecule has 0 heterocycles. The van der Waals surface area contributed by atoms with Gasteiger partial charge in [0.25, 0.3) is 5.69 Å². The highest BCUT2D eigenvalue weighted by molar-refractivity contribution is 5.54. The first-order valence-electron chi connectivity index (χ1n) is 5.20. The average Bonchev–Trinajstić information content (AvgIpc) is 3.01. The molecule has 0 N–H and O–H groups in total. The lowest BCUT2D eigenvalue weighted by atomic mass is 10.0. The van der Waals surface area contributed by atoms with E-state index in [2.05, 4.69) is 6.58 Å². The first-order chi connectivity index (χ1) is 7.65. The quantitative estimate of drug-likeness (QED) is 0.443. The largest absolute Gasteiger partial charge is 0.465 e. The van der Waals surface area contributed by atoms with Crippen LogP contribution in [0.1, 0.15) is 29.9 Å². The van der Waals surface area contributed by atoms with Crippen molar-refractivity contribution < 1.29 is 9.66 Å². The van der Waals surface area contributed by atoms with Crippen LogP contribution in [-0.4, -0.2) is 4.92 Å². The molecule has 1 aliphatic carbocycles. The van der Waals surface area contributed by atoms with Crippen molar-refractivity contribution in [1.29, 1.82) is 0 Å². The first-order valence-corrected chi connectivity index (χ1v) is 5.20. The molecule has 1 aromatic carbocycles. The van der Waals surface area contributed by atoms with Gasteiger partial charge in [-0.1, -0.05) is 6.58 Å². The maximum atomic E-state index is 10.8. The fraction of sp³-hybridized carbons (Fsp3) is 0.333. The van der Waals surface area contributed by atoms with Crippen LogP contribution in [0.25, 0.3) is 0 Å². The maximum Gasteiger partial charge on any atom is 0.272 e. The number of hydrogen-bond donors (Lipinski definition) is 0. The number of rotatable bonds is 4. The van der Waals surface area contributed by atoms with Gasteiger partial charge < -0.3 is 4.74 Å². The normalized spacial score (nSPS) is 14.6. The van der Waals surface area contributed by atoms with E-state index in [1.807, 2.05) is 0 Å². The number of nitro benzene ring substituents is 1. The third-order valence-electron chi connectivity index (χ3n) is 2.84. The average molecular weight is 219 g/mol. The second kappa shape index (κ2) is 3.96. The number of nitrogens with zero attached hydrogens (tertiary/aromatic N) is 1. The highest BCUT2D eigenvalue weighted by Gasteiger charge is 2.31. The summed E-state index contributed by atoms with van der Waals surface area (Å²) >= 11 is 0. The Hall–Kier alpha value is -1.84. The predicted octanol–water partition coefficient (Wildman–Crippen LogP) is 3.30. The van der Waals surface area contributed by atoms with E-state index in [4.69, 9.17) is 4.74 Å². The van der Waals surface area contributed by atoms with Crippen molar-refractivity contribution in [3.63, 3.8) is 0 Å². The molecule has 1 aromatic rings. The lowest BCUT2D eigenvalue weighted by Crippen LogP contribution is -1.98. The van der Waals surface area contributed by atoms with E-state index in [-0.39, 0.29) is 10.6 Å². The molecule has 0 aromatic heterocycles. The molecule has 16 heavy (non-hydrogen) atoms. The Kier molecular flexibility index (Phi) is 2.64. The lowest BCUT2D eigenvalue weighted by Gasteiger charge is -2.10. The molecule has 1 fully saturated rings. The summed E-state index contributed by atoms with van der Waals surface area (Å²) < 4.78 is 5.30. The van der Waals surface area contributed by atoms with E-state index in [9.17, 15) is 10.1 Å². The number of nitro groups is 1. The van der Waals surface area contributed by atoms with E-state index < -0.39 is 0 Å². The minimum absolute atomic E-state index is 0.165. The van der Waals surface area contributed by atoms with Gasteiger partial charge >= 0.3 is 0 Å². The molecule has 2 rings (SSSR count). The summed E-state index contributed by atoms with van der Waals surface area (Å²) in [5.41, 5.74) is 1.85. The van der Waals surface area contributed by atoms with E-state index >= 15 is 0 Å². The predicted molar refractivity (Wildman–Crippen MR) is 60.6 cm³/mol. The molecule has 0 bridgehead atoms. The number of hydrogen-bond acceptors (Lipinski definition) is 3. The van der Waals surface area contributed by atoms with Crippen LogP contribution in [0.2, 0.25) is 0 Å². The Bertz CT molecular complexity index is 450. The second-order valence-electron chi connectivity index (χ2n) is 3.94. The first kappa shape index (κ1) is 10.7. The zero-order valence-corrected chi connectivity index (χ0v) is 9.10. The van der Waals surface area contributed by atoms with Crippen LogP contribution in [-0.2, 0) is 0 Å². The molecule has 0 atom stereocenters. The topological polar surface area (TPSA) is 52.4 Å². The molecule has 1 aliphatic rings. The fourth-order valence-electron chi connectivity index (χ4n) is 1.96. The van der Waals surface area contributed by atoms with E-state index in [1.54, 1.807) is 13.0 Å². The van der Waals surface area contributed by atoms with Gasteiger partial charge in [0.15, 0.2) is 0 Å². The van der Waals surface area contributed by atoms with Crippen LogP contribution in [0.3, 0.4) is 0 Å². The van der Waals surface area contributed by atoms with Crippen LogP contribution >= 0.6 is 0 Å². The molecule has 4 nitrogen and oxygen atoms in total. The Labute approximate surface area is 93.7 Å². The van der Waals surface area contributed by atoms with Crippen molar-refractivity contribution in [2.75, 3.05) is 0 Å². The molecule has 0 saturated heterocycles. The highest BCUT2D eigenvalue weighted by Crippen LogP contribution is 2.47. The molecule has 1 saturated carbocycles. The highest BCUT2D eigenvalue weighted by atomic mass is 16.6. The number of benzene rings is 1. The lowest BCUT2D eigenvalue weighted by molar-refractivity contribution is -0.385. The van der Waals surface area contributed by atoms with Crippen LogP contribution in [0.15, 0.2) is 25.0 Å². The van der Waals surface area contributed by atoms with Crippen LogP contribution in [0.5, 0.6) is 5.75 Å². The molecule has 84 valence electrons. The zero-order valence-electron chi connectivity index (χ0n) is 9.10. The van der Waals surface area contributed by atoms with Crippen molar-refractivity contribution in [2.24, 2.45) is 0 Å². The Morgan fingerprint density at radius 3 is 2.75 bits per heavy atom. The van der Waals surface area contributed by atoms with Crippen molar-refractivity contribution in [3.8, 4) is 5.75 Å². The minimum atomic E-state index is -0.348. The van der Waals surface area contributed by atoms with Crippen molar-refractivity contribution in [1.82, 2.24) is 0 Å². The summed E-state index contributed by atoms with van der Waals surface area (Å²) in [4.78, 5) is 10.5. The second-order valence-corrected chi connectivity index (χ2v) is 3.94. The van der Waals surface area contributed by atoms with Gasteiger partial charge in [-0.2, -0.15) is 0 Å². The van der Waals surface area contributed by atoms with Gasteiger partial charge in [0.05, 0.1) is 11.2 Å². The fourth-order valence-corrected chi connectivity index (χ4v) is 1.96. The molecular weight excluding hydrogens is 206 g/mol. The van der Waals surface area contributed by atoms with Gasteiger partial charge in [-0.05, 0) is 31.7 Å². The van der Waals surface area contributed by atoms with Crippen molar-refractivity contribution in [3.05, 3.63) is 46.2 Å². The molecule has 0 spiro atoms. The molecule has 0 radical (unpaired) electrons. The zero-order chi connectivity index (χ0) is 11.7. The summed E-state index contributed by atoms with van der Waals surface area (Å²) in [6, 6.07) is 3.14. The summed E-state index contributed by atoms with van der Waals surface area (Å²) in [7, 11) is 0. The summed E-state index contributed by atoms with van der Waals surface area (Å²) in [6.45, 7) is 5.29. The standard InChI is InChI=1S/C12H13NO3/c1-3-16-11-7-6-10(13(14)15)8(2)12(11)9-4-5-9/h3,6-7,9H,1,4-5H2,2H3. The Morgan fingerprint density at radius 1 is 1.56 bits per heavy atom.